The van der Waals surface area contributed by atoms with Gasteiger partial charge in [0.15, 0.2) is 21.3 Å². The average molecular weight is 394 g/mol. The number of ether oxygens (including phenoxy) is 3. The topological polar surface area (TPSA) is 112 Å². The van der Waals surface area contributed by atoms with E-state index in [1.165, 1.54) is 6.33 Å². The van der Waals surface area contributed by atoms with Gasteiger partial charge in [0.05, 0.1) is 32.8 Å². The molecule has 146 valence electrons. The molecule has 0 aliphatic carbocycles. The van der Waals surface area contributed by atoms with E-state index in [-0.39, 0.29) is 17.5 Å². The van der Waals surface area contributed by atoms with Crippen molar-refractivity contribution in [2.24, 2.45) is 0 Å². The minimum absolute atomic E-state index is 0.118. The second kappa shape index (κ2) is 7.87. The summed E-state index contributed by atoms with van der Waals surface area (Å²) in [5.74, 6) is 2.95. The van der Waals surface area contributed by atoms with Crippen LogP contribution in [0.2, 0.25) is 0 Å². The van der Waals surface area contributed by atoms with Crippen molar-refractivity contribution in [3.63, 3.8) is 0 Å². The summed E-state index contributed by atoms with van der Waals surface area (Å²) in [4.78, 5) is 8.36. The van der Waals surface area contributed by atoms with Gasteiger partial charge < -0.3 is 24.8 Å². The van der Waals surface area contributed by atoms with Crippen molar-refractivity contribution in [2.75, 3.05) is 43.5 Å². The van der Waals surface area contributed by atoms with Crippen LogP contribution >= 0.6 is 0 Å². The third-order valence-corrected chi connectivity index (χ3v) is 5.96. The molecule has 1 atom stereocenters. The van der Waals surface area contributed by atoms with E-state index in [0.717, 1.165) is 0 Å². The zero-order valence-electron chi connectivity index (χ0n) is 15.4. The average Bonchev–Trinajstić information content (AvgIpc) is 2.99. The lowest BCUT2D eigenvalue weighted by Gasteiger charge is -2.15. The number of benzene rings is 1. The molecule has 1 aliphatic heterocycles. The minimum Gasteiger partial charge on any atom is -0.493 e. The highest BCUT2D eigenvalue weighted by atomic mass is 32.2. The van der Waals surface area contributed by atoms with Crippen LogP contribution in [-0.2, 0) is 9.84 Å². The summed E-state index contributed by atoms with van der Waals surface area (Å²) in [7, 11) is 1.67. The summed E-state index contributed by atoms with van der Waals surface area (Å²) >= 11 is 0. The highest BCUT2D eigenvalue weighted by Crippen LogP contribution is 2.40. The molecule has 0 saturated carbocycles. The molecule has 0 spiro atoms. The second-order valence-corrected chi connectivity index (χ2v) is 8.30. The van der Waals surface area contributed by atoms with E-state index < -0.39 is 9.84 Å². The van der Waals surface area contributed by atoms with Crippen molar-refractivity contribution in [3.8, 4) is 17.2 Å². The molecule has 1 aromatic carbocycles. The summed E-state index contributed by atoms with van der Waals surface area (Å²) in [5, 5.41) is 6.31. The van der Waals surface area contributed by atoms with E-state index in [0.29, 0.717) is 41.0 Å². The molecular formula is C17H22N4O5S. The van der Waals surface area contributed by atoms with Crippen molar-refractivity contribution >= 4 is 27.2 Å². The smallest absolute Gasteiger partial charge is 0.203 e. The molecule has 9 nitrogen and oxygen atoms in total. The van der Waals surface area contributed by atoms with Crippen LogP contribution in [0.25, 0.3) is 0 Å². The molecule has 0 bridgehead atoms. The summed E-state index contributed by atoms with van der Waals surface area (Å²) in [6.45, 7) is 0. The fourth-order valence-corrected chi connectivity index (χ4v) is 4.60. The van der Waals surface area contributed by atoms with Gasteiger partial charge in [-0.15, -0.1) is 0 Å². The Morgan fingerprint density at radius 2 is 1.67 bits per heavy atom. The predicted molar refractivity (Wildman–Crippen MR) is 102 cm³/mol. The van der Waals surface area contributed by atoms with Crippen LogP contribution in [-0.4, -0.2) is 57.3 Å². The molecule has 10 heteroatoms. The zero-order chi connectivity index (χ0) is 19.4. The van der Waals surface area contributed by atoms with Crippen LogP contribution in [0.4, 0.5) is 17.3 Å². The Morgan fingerprint density at radius 3 is 2.22 bits per heavy atom. The van der Waals surface area contributed by atoms with Crippen LogP contribution in [0.1, 0.15) is 6.42 Å². The van der Waals surface area contributed by atoms with E-state index in [2.05, 4.69) is 20.6 Å². The van der Waals surface area contributed by atoms with Crippen molar-refractivity contribution < 1.29 is 22.6 Å². The summed E-state index contributed by atoms with van der Waals surface area (Å²) in [6, 6.07) is 5.10. The lowest BCUT2D eigenvalue weighted by atomic mass is 10.2. The van der Waals surface area contributed by atoms with Gasteiger partial charge in [0.2, 0.25) is 5.75 Å². The van der Waals surface area contributed by atoms with Crippen LogP contribution < -0.4 is 24.8 Å². The highest BCUT2D eigenvalue weighted by Gasteiger charge is 2.28. The minimum atomic E-state index is -2.96. The molecule has 3 rings (SSSR count). The third kappa shape index (κ3) is 4.51. The molecule has 2 heterocycles. The molecular weight excluding hydrogens is 372 g/mol. The Bertz CT molecular complexity index is 894. The first-order valence-corrected chi connectivity index (χ1v) is 10.1. The van der Waals surface area contributed by atoms with E-state index in [1.807, 2.05) is 0 Å². The third-order valence-electron chi connectivity index (χ3n) is 4.19. The number of nitrogens with one attached hydrogen (secondary N) is 2. The van der Waals surface area contributed by atoms with E-state index in [4.69, 9.17) is 14.2 Å². The van der Waals surface area contributed by atoms with Gasteiger partial charge in [-0.05, 0) is 6.42 Å². The van der Waals surface area contributed by atoms with Crippen LogP contribution in [0.3, 0.4) is 0 Å². The lowest BCUT2D eigenvalue weighted by Crippen LogP contribution is -2.21. The molecule has 1 aliphatic rings. The number of nitrogens with zero attached hydrogens (tertiary/aromatic N) is 2. The fraction of sp³-hybridized carbons (Fsp3) is 0.412. The van der Waals surface area contributed by atoms with Crippen LogP contribution in [0.5, 0.6) is 17.2 Å². The molecule has 1 unspecified atom stereocenters. The first-order valence-electron chi connectivity index (χ1n) is 8.30. The first-order chi connectivity index (χ1) is 12.9. The first kappa shape index (κ1) is 19.0. The van der Waals surface area contributed by atoms with Gasteiger partial charge in [0.1, 0.15) is 18.0 Å². The van der Waals surface area contributed by atoms with Gasteiger partial charge in [0.25, 0.3) is 0 Å². The lowest BCUT2D eigenvalue weighted by molar-refractivity contribution is 0.324. The van der Waals surface area contributed by atoms with Gasteiger partial charge in [-0.2, -0.15) is 0 Å². The number of methoxy groups -OCH3 is 3. The molecule has 0 amide bonds. The highest BCUT2D eigenvalue weighted by molar-refractivity contribution is 7.91. The maximum atomic E-state index is 11.6. The van der Waals surface area contributed by atoms with E-state index in [9.17, 15) is 8.42 Å². The van der Waals surface area contributed by atoms with Crippen molar-refractivity contribution in [1.82, 2.24) is 9.97 Å². The Morgan fingerprint density at radius 1 is 1.00 bits per heavy atom. The molecule has 1 saturated heterocycles. The summed E-state index contributed by atoms with van der Waals surface area (Å²) in [5.41, 5.74) is 0.692. The number of anilines is 3. The SMILES string of the molecule is COc1cc(Nc2cc(NC3CCS(=O)(=O)C3)ncn2)cc(OC)c1OC. The fourth-order valence-electron chi connectivity index (χ4n) is 2.92. The summed E-state index contributed by atoms with van der Waals surface area (Å²) < 4.78 is 39.2. The largest absolute Gasteiger partial charge is 0.493 e. The van der Waals surface area contributed by atoms with Crippen LogP contribution in [0.15, 0.2) is 24.5 Å². The Balaban J connectivity index is 1.78. The molecule has 27 heavy (non-hydrogen) atoms. The maximum absolute atomic E-state index is 11.6. The Kier molecular flexibility index (Phi) is 5.54. The Labute approximate surface area is 158 Å². The van der Waals surface area contributed by atoms with Gasteiger partial charge in [-0.25, -0.2) is 18.4 Å². The van der Waals surface area contributed by atoms with Gasteiger partial charge >= 0.3 is 0 Å². The van der Waals surface area contributed by atoms with Gasteiger partial charge in [-0.3, -0.25) is 0 Å². The number of hydrogen-bond acceptors (Lipinski definition) is 9. The molecule has 1 fully saturated rings. The van der Waals surface area contributed by atoms with Crippen LogP contribution in [0, 0.1) is 0 Å². The van der Waals surface area contributed by atoms with Gasteiger partial charge in [0, 0.05) is 29.9 Å². The monoisotopic (exact) mass is 394 g/mol. The maximum Gasteiger partial charge on any atom is 0.203 e. The van der Waals surface area contributed by atoms with Crippen molar-refractivity contribution in [2.45, 2.75) is 12.5 Å². The quantitative estimate of drug-likeness (QED) is 0.726. The normalized spacial score (nSPS) is 18.0. The number of rotatable bonds is 7. The molecule has 1 aromatic heterocycles. The van der Waals surface area contributed by atoms with Crippen molar-refractivity contribution in [3.05, 3.63) is 24.5 Å². The predicted octanol–water partition coefficient (Wildman–Crippen LogP) is 1.84. The zero-order valence-corrected chi connectivity index (χ0v) is 16.2. The number of sulfone groups is 1. The second-order valence-electron chi connectivity index (χ2n) is 6.07. The van der Waals surface area contributed by atoms with Crippen molar-refractivity contribution in [1.29, 1.82) is 0 Å². The standard InChI is InChI=1S/C17H22N4O5S/c1-24-13-6-12(7-14(25-2)17(13)26-3)21-16-8-15(18-10-19-16)20-11-4-5-27(22,23)9-11/h6-8,10-11H,4-5,9H2,1-3H3,(H2,18,19,20,21). The van der Waals surface area contributed by atoms with E-state index in [1.54, 1.807) is 39.5 Å². The molecule has 2 N–H and O–H groups in total. The summed E-state index contributed by atoms with van der Waals surface area (Å²) in [6.07, 6.45) is 1.98. The molecule has 2 aromatic rings. The Hall–Kier alpha value is -2.75. The van der Waals surface area contributed by atoms with Gasteiger partial charge in [-0.1, -0.05) is 0 Å². The van der Waals surface area contributed by atoms with E-state index >= 15 is 0 Å². The number of aromatic nitrogens is 2. The number of hydrogen-bond donors (Lipinski definition) is 2. The molecule has 0 radical (unpaired) electrons.